The van der Waals surface area contributed by atoms with Crippen molar-refractivity contribution in [2.24, 2.45) is 5.92 Å². The fraction of sp³-hybridized carbons (Fsp3) is 0.538. The molecule has 90 valence electrons. The lowest BCUT2D eigenvalue weighted by atomic mass is 9.87. The molecule has 4 nitrogen and oxygen atoms in total. The standard InChI is InChI=1S/C13H17N3O/c1-2-9-4-6-16-11-3-5-14-8-10(11)15-13(17)12(16)7-9/h3,5,8-9,12H,2,4,6-7H2,1H3,(H,15,17). The third-order valence-corrected chi connectivity index (χ3v) is 3.96. The molecule has 1 N–H and O–H groups in total. The topological polar surface area (TPSA) is 45.2 Å². The predicted octanol–water partition coefficient (Wildman–Crippen LogP) is 2.03. The van der Waals surface area contributed by atoms with E-state index in [0.717, 1.165) is 24.3 Å². The summed E-state index contributed by atoms with van der Waals surface area (Å²) in [6.45, 7) is 3.19. The lowest BCUT2D eigenvalue weighted by Crippen LogP contribution is -2.52. The van der Waals surface area contributed by atoms with Gasteiger partial charge in [0.1, 0.15) is 6.04 Å². The van der Waals surface area contributed by atoms with Gasteiger partial charge in [0.15, 0.2) is 0 Å². The van der Waals surface area contributed by atoms with E-state index >= 15 is 0 Å². The maximum Gasteiger partial charge on any atom is 0.247 e. The van der Waals surface area contributed by atoms with E-state index in [0.29, 0.717) is 5.92 Å². The average molecular weight is 231 g/mol. The van der Waals surface area contributed by atoms with Gasteiger partial charge in [-0.2, -0.15) is 0 Å². The lowest BCUT2D eigenvalue weighted by molar-refractivity contribution is -0.118. The molecule has 3 heterocycles. The highest BCUT2D eigenvalue weighted by Crippen LogP contribution is 2.37. The summed E-state index contributed by atoms with van der Waals surface area (Å²) in [7, 11) is 0. The fourth-order valence-electron chi connectivity index (χ4n) is 2.90. The van der Waals surface area contributed by atoms with Gasteiger partial charge in [-0.15, -0.1) is 0 Å². The number of amides is 1. The van der Waals surface area contributed by atoms with E-state index in [2.05, 4.69) is 22.1 Å². The molecule has 0 aromatic carbocycles. The van der Waals surface area contributed by atoms with Crippen LogP contribution in [-0.2, 0) is 4.79 Å². The monoisotopic (exact) mass is 231 g/mol. The maximum atomic E-state index is 12.1. The third kappa shape index (κ3) is 1.68. The Labute approximate surface area is 101 Å². The number of hydrogen-bond donors (Lipinski definition) is 1. The summed E-state index contributed by atoms with van der Waals surface area (Å²) in [5.74, 6) is 0.814. The van der Waals surface area contributed by atoms with Gasteiger partial charge in [0.05, 0.1) is 17.6 Å². The zero-order valence-electron chi connectivity index (χ0n) is 10.0. The van der Waals surface area contributed by atoms with Crippen molar-refractivity contribution < 1.29 is 4.79 Å². The van der Waals surface area contributed by atoms with Gasteiger partial charge < -0.3 is 10.2 Å². The van der Waals surface area contributed by atoms with Crippen molar-refractivity contribution in [1.82, 2.24) is 4.98 Å². The van der Waals surface area contributed by atoms with Gasteiger partial charge >= 0.3 is 0 Å². The first-order valence-corrected chi connectivity index (χ1v) is 6.31. The van der Waals surface area contributed by atoms with Crippen molar-refractivity contribution >= 4 is 17.3 Å². The molecule has 0 aliphatic carbocycles. The summed E-state index contributed by atoms with van der Waals surface area (Å²) >= 11 is 0. The number of rotatable bonds is 1. The van der Waals surface area contributed by atoms with Crippen LogP contribution in [0.4, 0.5) is 11.4 Å². The van der Waals surface area contributed by atoms with E-state index in [1.54, 1.807) is 12.4 Å². The summed E-state index contributed by atoms with van der Waals surface area (Å²) in [5.41, 5.74) is 1.97. The highest BCUT2D eigenvalue weighted by Gasteiger charge is 2.37. The number of anilines is 2. The van der Waals surface area contributed by atoms with Crippen molar-refractivity contribution in [3.05, 3.63) is 18.5 Å². The van der Waals surface area contributed by atoms with Crippen molar-refractivity contribution in [3.8, 4) is 0 Å². The minimum Gasteiger partial charge on any atom is -0.358 e. The fourth-order valence-corrected chi connectivity index (χ4v) is 2.90. The normalized spacial score (nSPS) is 27.1. The minimum absolute atomic E-state index is 0.0172. The van der Waals surface area contributed by atoms with Crippen LogP contribution in [0.15, 0.2) is 18.5 Å². The minimum atomic E-state index is 0.0172. The van der Waals surface area contributed by atoms with Crippen LogP contribution in [0.25, 0.3) is 0 Å². The number of carbonyl (C=O) groups excluding carboxylic acids is 1. The molecule has 2 atom stereocenters. The van der Waals surface area contributed by atoms with E-state index in [1.165, 1.54) is 12.8 Å². The van der Waals surface area contributed by atoms with Gasteiger partial charge in [0.25, 0.3) is 0 Å². The number of piperidine rings is 1. The molecule has 2 unspecified atom stereocenters. The Bertz CT molecular complexity index is 446. The quantitative estimate of drug-likeness (QED) is 0.804. The van der Waals surface area contributed by atoms with Gasteiger partial charge in [-0.1, -0.05) is 13.3 Å². The van der Waals surface area contributed by atoms with Crippen LogP contribution < -0.4 is 10.2 Å². The first-order valence-electron chi connectivity index (χ1n) is 6.31. The van der Waals surface area contributed by atoms with Gasteiger partial charge in [0.2, 0.25) is 5.91 Å². The SMILES string of the molecule is CCC1CCN2c3ccncc3NC(=O)C2C1. The van der Waals surface area contributed by atoms with Crippen LogP contribution >= 0.6 is 0 Å². The van der Waals surface area contributed by atoms with Crippen LogP contribution in [0.1, 0.15) is 26.2 Å². The number of carbonyl (C=O) groups is 1. The van der Waals surface area contributed by atoms with E-state index in [9.17, 15) is 4.79 Å². The molecule has 1 aromatic heterocycles. The number of nitrogens with zero attached hydrogens (tertiary/aromatic N) is 2. The molecule has 2 aliphatic rings. The number of fused-ring (bicyclic) bond motifs is 3. The molecule has 4 heteroatoms. The van der Waals surface area contributed by atoms with Gasteiger partial charge in [0, 0.05) is 12.7 Å². The molecule has 1 fully saturated rings. The van der Waals surface area contributed by atoms with Crippen molar-refractivity contribution in [2.75, 3.05) is 16.8 Å². The van der Waals surface area contributed by atoms with Crippen LogP contribution in [0.3, 0.4) is 0 Å². The summed E-state index contributed by atoms with van der Waals surface area (Å²) in [6, 6.07) is 2.01. The van der Waals surface area contributed by atoms with Crippen LogP contribution in [0.2, 0.25) is 0 Å². The second-order valence-electron chi connectivity index (χ2n) is 4.89. The number of nitrogens with one attached hydrogen (secondary N) is 1. The molecule has 0 spiro atoms. The average Bonchev–Trinajstić information content (AvgIpc) is 2.38. The number of hydrogen-bond acceptors (Lipinski definition) is 3. The molecule has 17 heavy (non-hydrogen) atoms. The molecule has 1 saturated heterocycles. The molecule has 3 rings (SSSR count). The Morgan fingerprint density at radius 1 is 1.59 bits per heavy atom. The molecular formula is C13H17N3O. The van der Waals surface area contributed by atoms with Crippen molar-refractivity contribution in [1.29, 1.82) is 0 Å². The molecule has 0 bridgehead atoms. The molecule has 1 aromatic rings. The first-order chi connectivity index (χ1) is 8.29. The Kier molecular flexibility index (Phi) is 2.50. The Morgan fingerprint density at radius 3 is 3.29 bits per heavy atom. The highest BCUT2D eigenvalue weighted by molar-refractivity contribution is 6.03. The maximum absolute atomic E-state index is 12.1. The summed E-state index contributed by atoms with van der Waals surface area (Å²) < 4.78 is 0. The van der Waals surface area contributed by atoms with Crippen molar-refractivity contribution in [3.63, 3.8) is 0 Å². The predicted molar refractivity (Wildman–Crippen MR) is 67.0 cm³/mol. The first kappa shape index (κ1) is 10.6. The number of aromatic nitrogens is 1. The lowest BCUT2D eigenvalue weighted by Gasteiger charge is -2.43. The molecule has 0 saturated carbocycles. The Morgan fingerprint density at radius 2 is 2.47 bits per heavy atom. The zero-order chi connectivity index (χ0) is 11.8. The zero-order valence-corrected chi connectivity index (χ0v) is 10.0. The summed E-state index contributed by atoms with van der Waals surface area (Å²) in [6.07, 6.45) is 6.85. The second-order valence-corrected chi connectivity index (χ2v) is 4.89. The molecule has 1 amide bonds. The van der Waals surface area contributed by atoms with Gasteiger partial charge in [-0.3, -0.25) is 9.78 Å². The van der Waals surface area contributed by atoms with E-state index in [1.807, 2.05) is 6.07 Å². The molecular weight excluding hydrogens is 214 g/mol. The van der Waals surface area contributed by atoms with Crippen LogP contribution in [-0.4, -0.2) is 23.5 Å². The Balaban J connectivity index is 1.94. The summed E-state index contributed by atoms with van der Waals surface area (Å²) in [4.78, 5) is 18.4. The molecule has 2 aliphatic heterocycles. The molecule has 0 radical (unpaired) electrons. The second kappa shape index (κ2) is 4.02. The highest BCUT2D eigenvalue weighted by atomic mass is 16.2. The third-order valence-electron chi connectivity index (χ3n) is 3.96. The van der Waals surface area contributed by atoms with Gasteiger partial charge in [-0.25, -0.2) is 0 Å². The van der Waals surface area contributed by atoms with Crippen LogP contribution in [0.5, 0.6) is 0 Å². The van der Waals surface area contributed by atoms with Crippen LogP contribution in [0, 0.1) is 5.92 Å². The van der Waals surface area contributed by atoms with E-state index in [4.69, 9.17) is 0 Å². The van der Waals surface area contributed by atoms with E-state index < -0.39 is 0 Å². The largest absolute Gasteiger partial charge is 0.358 e. The number of pyridine rings is 1. The Hall–Kier alpha value is -1.58. The van der Waals surface area contributed by atoms with Crippen molar-refractivity contribution in [2.45, 2.75) is 32.2 Å². The van der Waals surface area contributed by atoms with E-state index in [-0.39, 0.29) is 11.9 Å². The summed E-state index contributed by atoms with van der Waals surface area (Å²) in [5, 5.41) is 2.96. The van der Waals surface area contributed by atoms with Gasteiger partial charge in [-0.05, 0) is 24.8 Å². The smallest absolute Gasteiger partial charge is 0.247 e.